The van der Waals surface area contributed by atoms with Crippen LogP contribution in [0.5, 0.6) is 0 Å². The number of carbonyl (C=O) groups is 1. The van der Waals surface area contributed by atoms with Crippen molar-refractivity contribution in [1.82, 2.24) is 34.4 Å². The smallest absolute Gasteiger partial charge is 0.249 e. The monoisotopic (exact) mass is 472 g/mol. The molecule has 3 aromatic heterocycles. The number of nitrogens with one attached hydrogen (secondary N) is 1. The van der Waals surface area contributed by atoms with Crippen LogP contribution in [0, 0.1) is 6.92 Å². The molecule has 5 rings (SSSR count). The summed E-state index contributed by atoms with van der Waals surface area (Å²) in [6, 6.07) is 5.91. The molecular formula is C25H28N8O2. The molecule has 180 valence electrons. The highest BCUT2D eigenvalue weighted by Gasteiger charge is 2.46. The highest BCUT2D eigenvalue weighted by atomic mass is 16.5. The summed E-state index contributed by atoms with van der Waals surface area (Å²) in [5.74, 6) is 1.38. The van der Waals surface area contributed by atoms with Gasteiger partial charge >= 0.3 is 0 Å². The molecule has 0 spiro atoms. The van der Waals surface area contributed by atoms with Gasteiger partial charge in [0, 0.05) is 49.4 Å². The molecule has 0 unspecified atom stereocenters. The van der Waals surface area contributed by atoms with E-state index in [0.717, 1.165) is 33.8 Å². The minimum atomic E-state index is -0.830. The van der Waals surface area contributed by atoms with Crippen LogP contribution >= 0.6 is 0 Å². The molecule has 35 heavy (non-hydrogen) atoms. The largest absolute Gasteiger partial charge is 0.383 e. The molecule has 0 aliphatic carbocycles. The fraction of sp³-hybridized carbons (Fsp3) is 0.360. The second kappa shape index (κ2) is 8.79. The first-order chi connectivity index (χ1) is 16.9. The van der Waals surface area contributed by atoms with Crippen LogP contribution in [0.3, 0.4) is 0 Å². The molecule has 1 aromatic carbocycles. The number of likely N-dealkylation sites (N-methyl/N-ethyl adjacent to an activating group) is 1. The summed E-state index contributed by atoms with van der Waals surface area (Å²) in [5.41, 5.74) is 4.69. The quantitative estimate of drug-likeness (QED) is 0.437. The molecule has 1 N–H and O–H groups in total. The Kier molecular flexibility index (Phi) is 5.78. The van der Waals surface area contributed by atoms with Crippen LogP contribution in [-0.2, 0) is 21.6 Å². The number of fused-ring (bicyclic) bond motifs is 2. The maximum Gasteiger partial charge on any atom is 0.249 e. The molecule has 0 saturated heterocycles. The van der Waals surface area contributed by atoms with Gasteiger partial charge in [0.2, 0.25) is 5.91 Å². The molecule has 0 radical (unpaired) electrons. The lowest BCUT2D eigenvalue weighted by Gasteiger charge is -2.33. The first-order valence-corrected chi connectivity index (χ1v) is 11.5. The van der Waals surface area contributed by atoms with Gasteiger partial charge in [-0.2, -0.15) is 0 Å². The van der Waals surface area contributed by atoms with E-state index in [0.29, 0.717) is 36.7 Å². The standard InChI is InChI=1S/C25H28N8O2/c1-6-33-22(17-12-26-15(2)27-13-17)31-21-20(28-14-29-23(21)33)16-7-8-19-18(11-16)25(3,24(34)30-19)32(4)9-10-35-5/h7-8,11-14H,6,9-10H2,1-5H3,(H,30,34)/t25-/m0/s1. The average molecular weight is 473 g/mol. The molecular weight excluding hydrogens is 444 g/mol. The first kappa shape index (κ1) is 23.0. The van der Waals surface area contributed by atoms with Crippen molar-refractivity contribution in [2.45, 2.75) is 32.9 Å². The van der Waals surface area contributed by atoms with Crippen molar-refractivity contribution in [3.63, 3.8) is 0 Å². The van der Waals surface area contributed by atoms with Crippen molar-refractivity contribution in [2.24, 2.45) is 0 Å². The summed E-state index contributed by atoms with van der Waals surface area (Å²) in [6.07, 6.45) is 5.11. The Labute approximate surface area is 203 Å². The van der Waals surface area contributed by atoms with Crippen LogP contribution in [0.4, 0.5) is 5.69 Å². The van der Waals surface area contributed by atoms with E-state index < -0.39 is 5.54 Å². The van der Waals surface area contributed by atoms with Gasteiger partial charge in [-0.1, -0.05) is 6.07 Å². The van der Waals surface area contributed by atoms with Crippen LogP contribution in [0.1, 0.15) is 25.2 Å². The number of hydrogen-bond acceptors (Lipinski definition) is 8. The fourth-order valence-corrected chi connectivity index (χ4v) is 4.58. The molecule has 0 saturated carbocycles. The summed E-state index contributed by atoms with van der Waals surface area (Å²) in [7, 11) is 3.59. The Morgan fingerprint density at radius 1 is 1.14 bits per heavy atom. The summed E-state index contributed by atoms with van der Waals surface area (Å²) in [5, 5.41) is 3.02. The molecule has 1 amide bonds. The second-order valence-corrected chi connectivity index (χ2v) is 8.79. The van der Waals surface area contributed by atoms with Gasteiger partial charge in [-0.15, -0.1) is 0 Å². The van der Waals surface area contributed by atoms with E-state index >= 15 is 0 Å². The molecule has 10 nitrogen and oxygen atoms in total. The fourth-order valence-electron chi connectivity index (χ4n) is 4.58. The Morgan fingerprint density at radius 2 is 1.91 bits per heavy atom. The molecule has 4 aromatic rings. The number of methoxy groups -OCH3 is 1. The van der Waals surface area contributed by atoms with Gasteiger partial charge in [0.05, 0.1) is 12.2 Å². The lowest BCUT2D eigenvalue weighted by molar-refractivity contribution is -0.126. The highest BCUT2D eigenvalue weighted by molar-refractivity contribution is 6.06. The first-order valence-electron chi connectivity index (χ1n) is 11.5. The van der Waals surface area contributed by atoms with Crippen LogP contribution in [-0.4, -0.2) is 67.6 Å². The maximum absolute atomic E-state index is 13.0. The molecule has 0 fully saturated rings. The van der Waals surface area contributed by atoms with Crippen molar-refractivity contribution in [3.05, 3.63) is 48.3 Å². The van der Waals surface area contributed by atoms with Gasteiger partial charge in [-0.05, 0) is 40.0 Å². The number of hydrogen-bond donors (Lipinski definition) is 1. The number of ether oxygens (including phenoxy) is 1. The number of anilines is 1. The topological polar surface area (TPSA) is 111 Å². The van der Waals surface area contributed by atoms with Gasteiger partial charge in [-0.3, -0.25) is 9.69 Å². The Bertz CT molecular complexity index is 1420. The van der Waals surface area contributed by atoms with Gasteiger partial charge < -0.3 is 14.6 Å². The Morgan fingerprint density at radius 3 is 2.63 bits per heavy atom. The molecule has 1 aliphatic rings. The van der Waals surface area contributed by atoms with Gasteiger partial charge in [0.25, 0.3) is 0 Å². The Balaban J connectivity index is 1.64. The number of benzene rings is 1. The maximum atomic E-state index is 13.0. The number of rotatable bonds is 7. The van der Waals surface area contributed by atoms with Crippen LogP contribution < -0.4 is 5.32 Å². The number of imidazole rings is 1. The second-order valence-electron chi connectivity index (χ2n) is 8.79. The zero-order valence-electron chi connectivity index (χ0n) is 20.5. The van der Waals surface area contributed by atoms with Crippen molar-refractivity contribution in [2.75, 3.05) is 32.6 Å². The van der Waals surface area contributed by atoms with Crippen LogP contribution in [0.2, 0.25) is 0 Å². The number of amides is 1. The summed E-state index contributed by atoms with van der Waals surface area (Å²) in [4.78, 5) is 37.8. The number of aryl methyl sites for hydroxylation is 2. The predicted octanol–water partition coefficient (Wildman–Crippen LogP) is 3.02. The lowest BCUT2D eigenvalue weighted by atomic mass is 9.90. The normalized spacial score (nSPS) is 17.3. The molecule has 10 heteroatoms. The SMILES string of the molecule is CCn1c(-c2cnc(C)nc2)nc2c(-c3ccc4c(c3)[C@](C)(N(C)CCOC)C(=O)N4)ncnc21. The van der Waals surface area contributed by atoms with Crippen LogP contribution in [0.15, 0.2) is 36.9 Å². The van der Waals surface area contributed by atoms with Crippen molar-refractivity contribution in [1.29, 1.82) is 0 Å². The minimum Gasteiger partial charge on any atom is -0.383 e. The van der Waals surface area contributed by atoms with E-state index in [2.05, 4.69) is 32.2 Å². The third-order valence-electron chi connectivity index (χ3n) is 6.79. The van der Waals surface area contributed by atoms with Gasteiger partial charge in [0.15, 0.2) is 5.65 Å². The Hall–Kier alpha value is -3.76. The van der Waals surface area contributed by atoms with Crippen molar-refractivity contribution >= 4 is 22.8 Å². The van der Waals surface area contributed by atoms with E-state index in [-0.39, 0.29) is 5.91 Å². The summed E-state index contributed by atoms with van der Waals surface area (Å²) < 4.78 is 7.28. The number of carbonyl (C=O) groups excluding carboxylic acids is 1. The zero-order valence-corrected chi connectivity index (χ0v) is 20.5. The summed E-state index contributed by atoms with van der Waals surface area (Å²) in [6.45, 7) is 7.66. The van der Waals surface area contributed by atoms with E-state index in [4.69, 9.17) is 9.72 Å². The molecule has 0 bridgehead atoms. The molecule has 1 aliphatic heterocycles. The van der Waals surface area contributed by atoms with Gasteiger partial charge in [0.1, 0.15) is 34.7 Å². The third-order valence-corrected chi connectivity index (χ3v) is 6.79. The molecule has 1 atom stereocenters. The van der Waals surface area contributed by atoms with Crippen LogP contribution in [0.25, 0.3) is 33.8 Å². The zero-order chi connectivity index (χ0) is 24.7. The van der Waals surface area contributed by atoms with E-state index in [9.17, 15) is 4.79 Å². The molecule has 4 heterocycles. The van der Waals surface area contributed by atoms with Crippen molar-refractivity contribution in [3.8, 4) is 22.6 Å². The number of nitrogens with zero attached hydrogens (tertiary/aromatic N) is 7. The minimum absolute atomic E-state index is 0.0620. The lowest BCUT2D eigenvalue weighted by Crippen LogP contribution is -2.47. The van der Waals surface area contributed by atoms with E-state index in [1.807, 2.05) is 48.6 Å². The van der Waals surface area contributed by atoms with E-state index in [1.54, 1.807) is 25.8 Å². The third kappa shape index (κ3) is 3.65. The van der Waals surface area contributed by atoms with E-state index in [1.165, 1.54) is 0 Å². The predicted molar refractivity (Wildman–Crippen MR) is 133 cm³/mol. The average Bonchev–Trinajstić information content (AvgIpc) is 3.37. The summed E-state index contributed by atoms with van der Waals surface area (Å²) >= 11 is 0. The van der Waals surface area contributed by atoms with Gasteiger partial charge in [-0.25, -0.2) is 24.9 Å². The highest BCUT2D eigenvalue weighted by Crippen LogP contribution is 2.42. The van der Waals surface area contributed by atoms with Crippen molar-refractivity contribution < 1.29 is 9.53 Å². The number of aromatic nitrogens is 6.